The number of amides is 1. The number of rotatable bonds is 5. The highest BCUT2D eigenvalue weighted by Crippen LogP contribution is 2.45. The van der Waals surface area contributed by atoms with Crippen molar-refractivity contribution in [2.45, 2.75) is 71.4 Å². The highest BCUT2D eigenvalue weighted by Gasteiger charge is 2.41. The molecule has 0 radical (unpaired) electrons. The quantitative estimate of drug-likeness (QED) is 0.643. The van der Waals surface area contributed by atoms with Gasteiger partial charge in [-0.15, -0.1) is 0 Å². The maximum Gasteiger partial charge on any atom is 0.338 e. The van der Waals surface area contributed by atoms with Crippen LogP contribution in [-0.4, -0.2) is 35.1 Å². The number of benzene rings is 1. The van der Waals surface area contributed by atoms with Gasteiger partial charge >= 0.3 is 5.97 Å². The first-order valence-electron chi connectivity index (χ1n) is 11.3. The zero-order valence-electron chi connectivity index (χ0n) is 19.2. The number of methoxy groups -OCH3 is 1. The summed E-state index contributed by atoms with van der Waals surface area (Å²) in [5.41, 5.74) is 5.30. The standard InChI is InChI=1S/C25H31N3O3S/c1-15-10-11-20(16(2)12-15)23-22(24(30)31-4)17(3)26-25-28(23)19(14-32-25)13-21(29)27-18-8-6-5-7-9-18/h10-12,14,18,23H,5-9,13H2,1-4H3,(H,27,29)/t23-/m1/s1. The molecular weight excluding hydrogens is 422 g/mol. The van der Waals surface area contributed by atoms with Crippen molar-refractivity contribution in [2.75, 3.05) is 7.11 Å². The summed E-state index contributed by atoms with van der Waals surface area (Å²) in [4.78, 5) is 32.5. The van der Waals surface area contributed by atoms with Gasteiger partial charge in [0.25, 0.3) is 0 Å². The second-order valence-electron chi connectivity index (χ2n) is 8.82. The first-order chi connectivity index (χ1) is 15.4. The van der Waals surface area contributed by atoms with Gasteiger partial charge in [-0.05, 0) is 50.1 Å². The fraction of sp³-hybridized carbons (Fsp3) is 0.480. The van der Waals surface area contributed by atoms with Crippen LogP contribution in [0.3, 0.4) is 0 Å². The van der Waals surface area contributed by atoms with Gasteiger partial charge < -0.3 is 15.0 Å². The number of aliphatic imine (C=N–C) groups is 1. The number of carbonyl (C=O) groups excluding carboxylic acids is 2. The molecule has 0 unspecified atom stereocenters. The van der Waals surface area contributed by atoms with Crippen molar-refractivity contribution in [3.63, 3.8) is 0 Å². The molecule has 1 aromatic carbocycles. The molecule has 1 saturated carbocycles. The van der Waals surface area contributed by atoms with Gasteiger partial charge in [-0.25, -0.2) is 9.79 Å². The van der Waals surface area contributed by atoms with Crippen LogP contribution >= 0.6 is 11.8 Å². The number of nitrogens with zero attached hydrogens (tertiary/aromatic N) is 2. The first-order valence-corrected chi connectivity index (χ1v) is 12.2. The molecule has 32 heavy (non-hydrogen) atoms. The van der Waals surface area contributed by atoms with Gasteiger partial charge in [0.15, 0.2) is 5.17 Å². The van der Waals surface area contributed by atoms with Crippen LogP contribution in [0.5, 0.6) is 0 Å². The summed E-state index contributed by atoms with van der Waals surface area (Å²) >= 11 is 1.50. The highest BCUT2D eigenvalue weighted by molar-refractivity contribution is 8.16. The van der Waals surface area contributed by atoms with Gasteiger partial charge in [0.2, 0.25) is 5.91 Å². The lowest BCUT2D eigenvalue weighted by Crippen LogP contribution is -2.40. The lowest BCUT2D eigenvalue weighted by molar-refractivity contribution is -0.136. The second kappa shape index (κ2) is 9.53. The van der Waals surface area contributed by atoms with Crippen molar-refractivity contribution in [3.05, 3.63) is 57.3 Å². The number of amidine groups is 1. The largest absolute Gasteiger partial charge is 0.466 e. The van der Waals surface area contributed by atoms with Crippen molar-refractivity contribution in [2.24, 2.45) is 4.99 Å². The number of carbonyl (C=O) groups is 2. The summed E-state index contributed by atoms with van der Waals surface area (Å²) in [6, 6.07) is 6.13. The molecule has 6 nitrogen and oxygen atoms in total. The highest BCUT2D eigenvalue weighted by atomic mass is 32.2. The van der Waals surface area contributed by atoms with Crippen molar-refractivity contribution in [1.82, 2.24) is 10.2 Å². The molecule has 7 heteroatoms. The number of esters is 1. The van der Waals surface area contributed by atoms with Crippen LogP contribution in [0.25, 0.3) is 0 Å². The molecule has 1 N–H and O–H groups in total. The van der Waals surface area contributed by atoms with E-state index in [2.05, 4.69) is 37.4 Å². The van der Waals surface area contributed by atoms with E-state index in [1.807, 2.05) is 17.2 Å². The van der Waals surface area contributed by atoms with E-state index in [9.17, 15) is 9.59 Å². The van der Waals surface area contributed by atoms with E-state index < -0.39 is 5.97 Å². The SMILES string of the molecule is COC(=O)C1=C(C)N=C2SC=C(CC(=O)NC3CCCCC3)N2[C@@H]1c1ccc(C)cc1C. The lowest BCUT2D eigenvalue weighted by atomic mass is 9.90. The smallest absolute Gasteiger partial charge is 0.338 e. The Hall–Kier alpha value is -2.54. The molecule has 0 saturated heterocycles. The fourth-order valence-corrected chi connectivity index (χ4v) is 5.82. The van der Waals surface area contributed by atoms with Gasteiger partial charge in [-0.2, -0.15) is 0 Å². The Labute approximate surface area is 194 Å². The predicted molar refractivity (Wildman–Crippen MR) is 128 cm³/mol. The predicted octanol–water partition coefficient (Wildman–Crippen LogP) is 4.89. The normalized spacial score (nSPS) is 21.1. The van der Waals surface area contributed by atoms with E-state index in [4.69, 9.17) is 9.73 Å². The second-order valence-corrected chi connectivity index (χ2v) is 9.66. The molecule has 1 atom stereocenters. The number of allylic oxidation sites excluding steroid dienone is 1. The number of thioether (sulfide) groups is 1. The van der Waals surface area contributed by atoms with Gasteiger partial charge in [0, 0.05) is 11.7 Å². The van der Waals surface area contributed by atoms with Gasteiger partial charge in [-0.1, -0.05) is 54.8 Å². The van der Waals surface area contributed by atoms with Gasteiger partial charge in [0.05, 0.1) is 30.8 Å². The van der Waals surface area contributed by atoms with Crippen LogP contribution < -0.4 is 5.32 Å². The van der Waals surface area contributed by atoms with Crippen LogP contribution in [0.15, 0.2) is 45.6 Å². The van der Waals surface area contributed by atoms with Crippen LogP contribution in [-0.2, 0) is 14.3 Å². The van der Waals surface area contributed by atoms with Gasteiger partial charge in [0.1, 0.15) is 0 Å². The minimum absolute atomic E-state index is 0.0234. The fourth-order valence-electron chi connectivity index (χ4n) is 4.86. The van der Waals surface area contributed by atoms with Crippen molar-refractivity contribution < 1.29 is 14.3 Å². The number of nitrogens with one attached hydrogen (secondary N) is 1. The third kappa shape index (κ3) is 4.49. The summed E-state index contributed by atoms with van der Waals surface area (Å²) < 4.78 is 5.14. The lowest BCUT2D eigenvalue weighted by Gasteiger charge is -2.37. The Balaban J connectivity index is 1.66. The molecule has 1 aromatic rings. The van der Waals surface area contributed by atoms with Crippen molar-refractivity contribution >= 4 is 28.8 Å². The monoisotopic (exact) mass is 453 g/mol. The van der Waals surface area contributed by atoms with E-state index in [-0.39, 0.29) is 24.4 Å². The molecular formula is C25H31N3O3S. The molecule has 2 heterocycles. The van der Waals surface area contributed by atoms with Crippen molar-refractivity contribution in [3.8, 4) is 0 Å². The molecule has 3 aliphatic rings. The topological polar surface area (TPSA) is 71.0 Å². The van der Waals surface area contributed by atoms with Crippen molar-refractivity contribution in [1.29, 1.82) is 0 Å². The molecule has 4 rings (SSSR count). The molecule has 1 fully saturated rings. The Kier molecular flexibility index (Phi) is 6.74. The van der Waals surface area contributed by atoms with E-state index >= 15 is 0 Å². The van der Waals surface area contributed by atoms with Crippen LogP contribution in [0.2, 0.25) is 0 Å². The van der Waals surface area contributed by atoms with Crippen LogP contribution in [0, 0.1) is 13.8 Å². The molecule has 1 aliphatic carbocycles. The Morgan fingerprint density at radius 2 is 1.94 bits per heavy atom. The van der Waals surface area contributed by atoms with Crippen LogP contribution in [0.4, 0.5) is 0 Å². The zero-order valence-corrected chi connectivity index (χ0v) is 20.1. The Morgan fingerprint density at radius 1 is 1.19 bits per heavy atom. The molecule has 2 aliphatic heterocycles. The Bertz CT molecular complexity index is 1020. The summed E-state index contributed by atoms with van der Waals surface area (Å²) in [7, 11) is 1.40. The van der Waals surface area contributed by atoms with Gasteiger partial charge in [-0.3, -0.25) is 4.79 Å². The number of hydrogen-bond acceptors (Lipinski definition) is 6. The summed E-state index contributed by atoms with van der Waals surface area (Å²) in [6.07, 6.45) is 5.96. The zero-order chi connectivity index (χ0) is 22.8. The number of aryl methyl sites for hydroxylation is 2. The number of fused-ring (bicyclic) bond motifs is 1. The maximum absolute atomic E-state index is 12.9. The van der Waals surface area contributed by atoms with Crippen LogP contribution in [0.1, 0.15) is 68.2 Å². The van der Waals surface area contributed by atoms with E-state index in [1.165, 1.54) is 38.1 Å². The third-order valence-electron chi connectivity index (χ3n) is 6.44. The molecule has 0 spiro atoms. The minimum Gasteiger partial charge on any atom is -0.466 e. The molecule has 1 amide bonds. The maximum atomic E-state index is 12.9. The molecule has 0 bridgehead atoms. The molecule has 170 valence electrons. The third-order valence-corrected chi connectivity index (χ3v) is 7.33. The van der Waals surface area contributed by atoms with E-state index in [1.54, 1.807) is 0 Å². The van der Waals surface area contributed by atoms with E-state index in [0.29, 0.717) is 11.3 Å². The average molecular weight is 454 g/mol. The van der Waals surface area contributed by atoms with E-state index in [0.717, 1.165) is 40.4 Å². The average Bonchev–Trinajstić information content (AvgIpc) is 3.15. The minimum atomic E-state index is -0.391. The first kappa shape index (κ1) is 22.6. The number of ether oxygens (including phenoxy) is 1. The Morgan fingerprint density at radius 3 is 2.62 bits per heavy atom. The summed E-state index contributed by atoms with van der Waals surface area (Å²) in [5, 5.41) is 5.99. The number of hydrogen-bond donors (Lipinski definition) is 1. The summed E-state index contributed by atoms with van der Waals surface area (Å²) in [6.45, 7) is 5.96. The summed E-state index contributed by atoms with van der Waals surface area (Å²) in [5.74, 6) is -0.367. The molecule has 0 aromatic heterocycles.